The van der Waals surface area contributed by atoms with Gasteiger partial charge in [0.15, 0.2) is 0 Å². The molecule has 1 aromatic carbocycles. The molecular weight excluding hydrogens is 320 g/mol. The van der Waals surface area contributed by atoms with Crippen molar-refractivity contribution in [2.75, 3.05) is 26.7 Å². The van der Waals surface area contributed by atoms with Gasteiger partial charge in [0.25, 0.3) is 0 Å². The molecule has 0 spiro atoms. The van der Waals surface area contributed by atoms with E-state index in [0.717, 1.165) is 5.56 Å². The summed E-state index contributed by atoms with van der Waals surface area (Å²) in [5.74, 6) is -0.440. The molecule has 0 radical (unpaired) electrons. The van der Waals surface area contributed by atoms with Gasteiger partial charge in [0.1, 0.15) is 0 Å². The molecule has 1 unspecified atom stereocenters. The lowest BCUT2D eigenvalue weighted by Crippen LogP contribution is -2.61. The standard InChI is InChI=1S/C18H20N4O3/c1-20-18(25)14-7-17(24)22(9-14)15-10-21(11-15)16(23)6-12-3-2-4-13(5-12)8-19/h2-5,14-15H,6-7,9-11H2,1H3,(H,20,25). The molecule has 2 saturated heterocycles. The van der Waals surface area contributed by atoms with Gasteiger partial charge in [-0.25, -0.2) is 0 Å². The summed E-state index contributed by atoms with van der Waals surface area (Å²) in [6, 6.07) is 9.07. The number of hydrogen-bond donors (Lipinski definition) is 1. The zero-order valence-electron chi connectivity index (χ0n) is 14.1. The van der Waals surface area contributed by atoms with Crippen molar-refractivity contribution in [1.82, 2.24) is 15.1 Å². The number of nitriles is 1. The van der Waals surface area contributed by atoms with Crippen molar-refractivity contribution < 1.29 is 14.4 Å². The SMILES string of the molecule is CNC(=O)C1CC(=O)N(C2CN(C(=O)Cc3cccc(C#N)c3)C2)C1. The van der Waals surface area contributed by atoms with Crippen LogP contribution >= 0.6 is 0 Å². The molecular formula is C18H20N4O3. The van der Waals surface area contributed by atoms with E-state index in [1.54, 1.807) is 35.0 Å². The zero-order chi connectivity index (χ0) is 18.0. The molecule has 2 aliphatic rings. The largest absolute Gasteiger partial charge is 0.359 e. The number of carbonyl (C=O) groups excluding carboxylic acids is 3. The Balaban J connectivity index is 1.52. The summed E-state index contributed by atoms with van der Waals surface area (Å²) in [6.45, 7) is 1.43. The first-order valence-corrected chi connectivity index (χ1v) is 8.29. The minimum atomic E-state index is -0.295. The van der Waals surface area contributed by atoms with E-state index < -0.39 is 0 Å². The molecule has 7 heteroatoms. The van der Waals surface area contributed by atoms with Gasteiger partial charge in [-0.1, -0.05) is 12.1 Å². The fourth-order valence-electron chi connectivity index (χ4n) is 3.36. The topological polar surface area (TPSA) is 93.5 Å². The lowest BCUT2D eigenvalue weighted by atomic mass is 10.0. The maximum atomic E-state index is 12.3. The first kappa shape index (κ1) is 17.0. The van der Waals surface area contributed by atoms with Crippen LogP contribution in [0.4, 0.5) is 0 Å². The highest BCUT2D eigenvalue weighted by atomic mass is 16.2. The van der Waals surface area contributed by atoms with Crippen LogP contribution in [0.2, 0.25) is 0 Å². The molecule has 2 heterocycles. The second kappa shape index (κ2) is 6.93. The summed E-state index contributed by atoms with van der Waals surface area (Å²) < 4.78 is 0. The maximum Gasteiger partial charge on any atom is 0.227 e. The maximum absolute atomic E-state index is 12.3. The highest BCUT2D eigenvalue weighted by Crippen LogP contribution is 2.25. The summed E-state index contributed by atoms with van der Waals surface area (Å²) in [5.41, 5.74) is 1.35. The minimum absolute atomic E-state index is 0.00320. The van der Waals surface area contributed by atoms with Gasteiger partial charge < -0.3 is 15.1 Å². The van der Waals surface area contributed by atoms with E-state index in [4.69, 9.17) is 5.26 Å². The Morgan fingerprint density at radius 1 is 1.32 bits per heavy atom. The van der Waals surface area contributed by atoms with Crippen LogP contribution in [0.15, 0.2) is 24.3 Å². The molecule has 3 rings (SSSR count). The summed E-state index contributed by atoms with van der Waals surface area (Å²) in [7, 11) is 1.57. The van der Waals surface area contributed by atoms with E-state index in [9.17, 15) is 14.4 Å². The Hall–Kier alpha value is -2.88. The van der Waals surface area contributed by atoms with Gasteiger partial charge in [-0.05, 0) is 17.7 Å². The summed E-state index contributed by atoms with van der Waals surface area (Å²) in [4.78, 5) is 39.5. The Morgan fingerprint density at radius 3 is 2.76 bits per heavy atom. The van der Waals surface area contributed by atoms with Crippen LogP contribution in [0.25, 0.3) is 0 Å². The quantitative estimate of drug-likeness (QED) is 0.829. The fourth-order valence-corrected chi connectivity index (χ4v) is 3.36. The van der Waals surface area contributed by atoms with Gasteiger partial charge in [0.05, 0.1) is 30.0 Å². The Morgan fingerprint density at radius 2 is 2.08 bits per heavy atom. The van der Waals surface area contributed by atoms with Crippen molar-refractivity contribution in [2.45, 2.75) is 18.9 Å². The molecule has 0 saturated carbocycles. The van der Waals surface area contributed by atoms with Crippen molar-refractivity contribution in [3.05, 3.63) is 35.4 Å². The second-order valence-electron chi connectivity index (χ2n) is 6.50. The Labute approximate surface area is 146 Å². The summed E-state index contributed by atoms with van der Waals surface area (Å²) >= 11 is 0. The van der Waals surface area contributed by atoms with Crippen molar-refractivity contribution in [2.24, 2.45) is 5.92 Å². The van der Waals surface area contributed by atoms with Crippen LogP contribution in [0.1, 0.15) is 17.5 Å². The van der Waals surface area contributed by atoms with Crippen molar-refractivity contribution in [3.8, 4) is 6.07 Å². The minimum Gasteiger partial charge on any atom is -0.359 e. The molecule has 1 aromatic rings. The number of hydrogen-bond acceptors (Lipinski definition) is 4. The second-order valence-corrected chi connectivity index (χ2v) is 6.50. The van der Waals surface area contributed by atoms with E-state index in [2.05, 4.69) is 11.4 Å². The molecule has 0 bridgehead atoms. The number of amides is 3. The smallest absolute Gasteiger partial charge is 0.227 e. The van der Waals surface area contributed by atoms with E-state index in [-0.39, 0.29) is 42.5 Å². The normalized spacial score (nSPS) is 20.2. The lowest BCUT2D eigenvalue weighted by molar-refractivity contribution is -0.143. The number of likely N-dealkylation sites (tertiary alicyclic amines) is 2. The molecule has 2 aliphatic heterocycles. The summed E-state index contributed by atoms with van der Waals surface area (Å²) in [5, 5.41) is 11.5. The van der Waals surface area contributed by atoms with Crippen molar-refractivity contribution in [3.63, 3.8) is 0 Å². The third-order valence-corrected chi connectivity index (χ3v) is 4.84. The number of rotatable bonds is 4. The van der Waals surface area contributed by atoms with Crippen LogP contribution < -0.4 is 5.32 Å². The van der Waals surface area contributed by atoms with Gasteiger partial charge in [-0.15, -0.1) is 0 Å². The van der Waals surface area contributed by atoms with Crippen LogP contribution in [0.3, 0.4) is 0 Å². The van der Waals surface area contributed by atoms with E-state index in [1.165, 1.54) is 0 Å². The third kappa shape index (κ3) is 3.48. The number of nitrogens with one attached hydrogen (secondary N) is 1. The van der Waals surface area contributed by atoms with Crippen LogP contribution in [0.5, 0.6) is 0 Å². The highest BCUT2D eigenvalue weighted by molar-refractivity contribution is 5.89. The van der Waals surface area contributed by atoms with Crippen LogP contribution in [0, 0.1) is 17.2 Å². The molecule has 1 N–H and O–H groups in total. The molecule has 3 amide bonds. The summed E-state index contributed by atoms with van der Waals surface area (Å²) in [6.07, 6.45) is 0.488. The molecule has 2 fully saturated rings. The Kier molecular flexibility index (Phi) is 4.70. The first-order chi connectivity index (χ1) is 12.0. The zero-order valence-corrected chi connectivity index (χ0v) is 14.1. The predicted molar refractivity (Wildman–Crippen MR) is 89.1 cm³/mol. The first-order valence-electron chi connectivity index (χ1n) is 8.29. The van der Waals surface area contributed by atoms with Crippen LogP contribution in [-0.2, 0) is 20.8 Å². The average Bonchev–Trinajstić information content (AvgIpc) is 2.94. The molecule has 0 aliphatic carbocycles. The van der Waals surface area contributed by atoms with Gasteiger partial charge in [-0.3, -0.25) is 14.4 Å². The lowest BCUT2D eigenvalue weighted by Gasteiger charge is -2.44. The average molecular weight is 340 g/mol. The number of carbonyl (C=O) groups is 3. The van der Waals surface area contributed by atoms with Crippen molar-refractivity contribution >= 4 is 17.7 Å². The molecule has 1 atom stereocenters. The van der Waals surface area contributed by atoms with Crippen molar-refractivity contribution in [1.29, 1.82) is 5.26 Å². The van der Waals surface area contributed by atoms with Gasteiger partial charge in [0.2, 0.25) is 17.7 Å². The predicted octanol–water partition coefficient (Wildman–Crippen LogP) is -0.0939. The monoisotopic (exact) mass is 340 g/mol. The van der Waals surface area contributed by atoms with Gasteiger partial charge in [-0.2, -0.15) is 5.26 Å². The molecule has 25 heavy (non-hydrogen) atoms. The van der Waals surface area contributed by atoms with Crippen LogP contribution in [-0.4, -0.2) is 60.2 Å². The molecule has 130 valence electrons. The molecule has 0 aromatic heterocycles. The van der Waals surface area contributed by atoms with E-state index in [1.807, 2.05) is 6.07 Å². The number of benzene rings is 1. The highest BCUT2D eigenvalue weighted by Gasteiger charge is 2.43. The van der Waals surface area contributed by atoms with Gasteiger partial charge >= 0.3 is 0 Å². The van der Waals surface area contributed by atoms with E-state index in [0.29, 0.717) is 25.2 Å². The molecule has 7 nitrogen and oxygen atoms in total. The van der Waals surface area contributed by atoms with Gasteiger partial charge in [0, 0.05) is 33.1 Å². The third-order valence-electron chi connectivity index (χ3n) is 4.84. The van der Waals surface area contributed by atoms with E-state index >= 15 is 0 Å². The Bertz CT molecular complexity index is 749. The fraction of sp³-hybridized carbons (Fsp3) is 0.444. The number of nitrogens with zero attached hydrogens (tertiary/aromatic N) is 3.